The number of aromatic amines is 1. The molecule has 5 heteroatoms. The Morgan fingerprint density at radius 1 is 0.926 bits per heavy atom. The van der Waals surface area contributed by atoms with Crippen molar-refractivity contribution < 1.29 is 5.11 Å². The topological polar surface area (TPSA) is 57.4 Å². The van der Waals surface area contributed by atoms with E-state index in [9.17, 15) is 9.90 Å². The van der Waals surface area contributed by atoms with Gasteiger partial charge in [0.2, 0.25) is 5.69 Å². The van der Waals surface area contributed by atoms with Crippen molar-refractivity contribution in [3.8, 4) is 28.0 Å². The second-order valence-electron chi connectivity index (χ2n) is 6.09. The minimum absolute atomic E-state index is 0.165. The highest BCUT2D eigenvalue weighted by atomic mass is 35.5. The van der Waals surface area contributed by atoms with Crippen molar-refractivity contribution in [2.75, 3.05) is 0 Å². The Morgan fingerprint density at radius 2 is 1.63 bits per heavy atom. The third kappa shape index (κ3) is 2.95. The van der Waals surface area contributed by atoms with Crippen molar-refractivity contribution in [2.45, 2.75) is 0 Å². The fourth-order valence-corrected chi connectivity index (χ4v) is 3.33. The molecule has 0 saturated carbocycles. The number of rotatable bonds is 2. The number of hydrogen-bond acceptors (Lipinski definition) is 2. The SMILES string of the molecule is [C-]#[N+]c1cc2c(O)c(-c3cccc(-c4ccccc4)c3)c(=O)[nH]c2cc1Cl. The zero-order chi connectivity index (χ0) is 19.0. The Morgan fingerprint density at radius 3 is 2.37 bits per heavy atom. The van der Waals surface area contributed by atoms with Gasteiger partial charge in [0.25, 0.3) is 5.56 Å². The lowest BCUT2D eigenvalue weighted by Crippen LogP contribution is -2.09. The summed E-state index contributed by atoms with van der Waals surface area (Å²) in [6, 6.07) is 20.2. The molecule has 0 aliphatic rings. The second-order valence-corrected chi connectivity index (χ2v) is 6.49. The molecule has 2 N–H and O–H groups in total. The van der Waals surface area contributed by atoms with Gasteiger partial charge in [-0.2, -0.15) is 0 Å². The molecule has 0 aliphatic heterocycles. The van der Waals surface area contributed by atoms with Gasteiger partial charge in [-0.05, 0) is 34.9 Å². The molecule has 0 amide bonds. The minimum Gasteiger partial charge on any atom is -0.506 e. The lowest BCUT2D eigenvalue weighted by Gasteiger charge is -2.10. The number of halogens is 1. The molecule has 4 aromatic rings. The van der Waals surface area contributed by atoms with Crippen LogP contribution in [-0.2, 0) is 0 Å². The van der Waals surface area contributed by atoms with Gasteiger partial charge >= 0.3 is 0 Å². The molecule has 4 rings (SSSR count). The molecule has 0 unspecified atom stereocenters. The van der Waals surface area contributed by atoms with Crippen LogP contribution in [0.5, 0.6) is 5.75 Å². The first kappa shape index (κ1) is 16.9. The molecular weight excluding hydrogens is 360 g/mol. The Labute approximate surface area is 160 Å². The van der Waals surface area contributed by atoms with E-state index in [2.05, 4.69) is 9.83 Å². The molecule has 0 spiro atoms. The molecule has 27 heavy (non-hydrogen) atoms. The van der Waals surface area contributed by atoms with Crippen molar-refractivity contribution in [1.29, 1.82) is 0 Å². The van der Waals surface area contributed by atoms with E-state index in [0.717, 1.165) is 11.1 Å². The summed E-state index contributed by atoms with van der Waals surface area (Å²) in [5.41, 5.74) is 2.89. The number of nitrogens with zero attached hydrogens (tertiary/aromatic N) is 1. The van der Waals surface area contributed by atoms with Crippen LogP contribution in [0.1, 0.15) is 0 Å². The standard InChI is InChI=1S/C22H13ClN2O2/c1-24-19-11-16-18(12-17(19)23)25-22(27)20(21(16)26)15-9-5-8-14(10-15)13-6-3-2-4-7-13/h2-12H,(H2,25,26,27). The third-order valence-electron chi connectivity index (χ3n) is 4.43. The fraction of sp³-hybridized carbons (Fsp3) is 0. The number of nitrogens with one attached hydrogen (secondary N) is 1. The van der Waals surface area contributed by atoms with Crippen molar-refractivity contribution in [2.24, 2.45) is 0 Å². The summed E-state index contributed by atoms with van der Waals surface area (Å²) in [6.07, 6.45) is 0. The van der Waals surface area contributed by atoms with E-state index in [-0.39, 0.29) is 22.0 Å². The number of H-pyrrole nitrogens is 1. The lowest BCUT2D eigenvalue weighted by molar-refractivity contribution is 0.482. The molecule has 1 aromatic heterocycles. The van der Waals surface area contributed by atoms with Gasteiger partial charge < -0.3 is 10.1 Å². The first-order chi connectivity index (χ1) is 13.1. The highest BCUT2D eigenvalue weighted by molar-refractivity contribution is 6.34. The summed E-state index contributed by atoms with van der Waals surface area (Å²) in [4.78, 5) is 18.7. The van der Waals surface area contributed by atoms with Crippen molar-refractivity contribution in [3.05, 3.63) is 93.5 Å². The number of hydrogen-bond donors (Lipinski definition) is 2. The van der Waals surface area contributed by atoms with E-state index >= 15 is 0 Å². The number of aromatic hydroxyl groups is 1. The summed E-state index contributed by atoms with van der Waals surface area (Å²) >= 11 is 6.04. The largest absolute Gasteiger partial charge is 0.506 e. The van der Waals surface area contributed by atoms with Gasteiger partial charge in [0.1, 0.15) is 5.75 Å². The van der Waals surface area contributed by atoms with Gasteiger partial charge in [-0.1, -0.05) is 60.1 Å². The number of pyridine rings is 1. The molecule has 0 atom stereocenters. The van der Waals surface area contributed by atoms with Crippen LogP contribution < -0.4 is 5.56 Å². The lowest BCUT2D eigenvalue weighted by atomic mass is 9.98. The maximum Gasteiger partial charge on any atom is 0.260 e. The molecular formula is C22H13ClN2O2. The van der Waals surface area contributed by atoms with Crippen molar-refractivity contribution in [1.82, 2.24) is 4.98 Å². The molecule has 130 valence electrons. The minimum atomic E-state index is -0.420. The van der Waals surface area contributed by atoms with E-state index in [0.29, 0.717) is 16.5 Å². The van der Waals surface area contributed by atoms with E-state index < -0.39 is 5.56 Å². The van der Waals surface area contributed by atoms with Gasteiger partial charge in [-0.3, -0.25) is 4.79 Å². The Balaban J connectivity index is 1.96. The maximum atomic E-state index is 12.6. The molecule has 0 saturated heterocycles. The summed E-state index contributed by atoms with van der Waals surface area (Å²) in [6.45, 7) is 7.20. The first-order valence-electron chi connectivity index (χ1n) is 8.20. The van der Waals surface area contributed by atoms with E-state index in [4.69, 9.17) is 18.2 Å². The average molecular weight is 373 g/mol. The molecule has 4 nitrogen and oxygen atoms in total. The molecule has 0 bridgehead atoms. The highest BCUT2D eigenvalue weighted by Crippen LogP contribution is 2.38. The monoisotopic (exact) mass is 372 g/mol. The smallest absolute Gasteiger partial charge is 0.260 e. The van der Waals surface area contributed by atoms with Crippen LogP contribution in [0.15, 0.2) is 71.5 Å². The Bertz CT molecular complexity index is 1270. The van der Waals surface area contributed by atoms with Crippen molar-refractivity contribution in [3.63, 3.8) is 0 Å². The van der Waals surface area contributed by atoms with Crippen LogP contribution >= 0.6 is 11.6 Å². The molecule has 3 aromatic carbocycles. The van der Waals surface area contributed by atoms with Gasteiger partial charge in [-0.15, -0.1) is 0 Å². The molecule has 0 radical (unpaired) electrons. The van der Waals surface area contributed by atoms with E-state index in [1.165, 1.54) is 12.1 Å². The summed E-state index contributed by atoms with van der Waals surface area (Å²) in [5.74, 6) is -0.166. The third-order valence-corrected chi connectivity index (χ3v) is 4.74. The Kier molecular flexibility index (Phi) is 4.15. The zero-order valence-electron chi connectivity index (χ0n) is 14.0. The van der Waals surface area contributed by atoms with Crippen molar-refractivity contribution >= 4 is 28.2 Å². The first-order valence-corrected chi connectivity index (χ1v) is 8.58. The summed E-state index contributed by atoms with van der Waals surface area (Å²) < 4.78 is 0. The van der Waals surface area contributed by atoms with E-state index in [1.807, 2.05) is 48.5 Å². The highest BCUT2D eigenvalue weighted by Gasteiger charge is 2.16. The second kappa shape index (κ2) is 6.64. The predicted molar refractivity (Wildman–Crippen MR) is 108 cm³/mol. The molecule has 0 fully saturated rings. The quantitative estimate of drug-likeness (QED) is 0.439. The van der Waals surface area contributed by atoms with Gasteiger partial charge in [0.15, 0.2) is 0 Å². The van der Waals surface area contributed by atoms with Crippen LogP contribution in [0.4, 0.5) is 5.69 Å². The number of benzene rings is 3. The van der Waals surface area contributed by atoms with Gasteiger partial charge in [0.05, 0.1) is 17.7 Å². The normalized spacial score (nSPS) is 10.7. The number of fused-ring (bicyclic) bond motifs is 1. The van der Waals surface area contributed by atoms with Crippen LogP contribution in [0.2, 0.25) is 5.02 Å². The van der Waals surface area contributed by atoms with Crippen LogP contribution in [0.3, 0.4) is 0 Å². The van der Waals surface area contributed by atoms with Gasteiger partial charge in [0, 0.05) is 10.4 Å². The van der Waals surface area contributed by atoms with Crippen LogP contribution in [-0.4, -0.2) is 10.1 Å². The fourth-order valence-electron chi connectivity index (χ4n) is 3.13. The maximum absolute atomic E-state index is 12.6. The summed E-state index contributed by atoms with van der Waals surface area (Å²) in [5, 5.41) is 11.4. The number of aromatic nitrogens is 1. The van der Waals surface area contributed by atoms with E-state index in [1.54, 1.807) is 6.07 Å². The predicted octanol–water partition coefficient (Wildman–Crippen LogP) is 5.77. The molecule has 0 aliphatic carbocycles. The Hall–Kier alpha value is -3.55. The van der Waals surface area contributed by atoms with Crippen LogP contribution in [0.25, 0.3) is 38.0 Å². The zero-order valence-corrected chi connectivity index (χ0v) is 14.8. The average Bonchev–Trinajstić information content (AvgIpc) is 2.68. The van der Waals surface area contributed by atoms with Gasteiger partial charge in [-0.25, -0.2) is 4.85 Å². The van der Waals surface area contributed by atoms with Crippen LogP contribution in [0, 0.1) is 6.57 Å². The molecule has 1 heterocycles. The summed E-state index contributed by atoms with van der Waals surface area (Å²) in [7, 11) is 0.